The van der Waals surface area contributed by atoms with Crippen molar-refractivity contribution >= 4 is 21.8 Å². The third-order valence-electron chi connectivity index (χ3n) is 2.67. The van der Waals surface area contributed by atoms with Gasteiger partial charge in [-0.25, -0.2) is 4.39 Å². The molecule has 0 heterocycles. The van der Waals surface area contributed by atoms with Gasteiger partial charge in [0.05, 0.1) is 12.4 Å². The van der Waals surface area contributed by atoms with E-state index in [4.69, 9.17) is 15.9 Å². The van der Waals surface area contributed by atoms with Gasteiger partial charge in [0.25, 0.3) is 0 Å². The number of rotatable bonds is 5. The first-order valence-electron chi connectivity index (χ1n) is 5.36. The lowest BCUT2D eigenvalue weighted by molar-refractivity contribution is 0.255. The van der Waals surface area contributed by atoms with Gasteiger partial charge < -0.3 is 10.5 Å². The van der Waals surface area contributed by atoms with Gasteiger partial charge in [0.1, 0.15) is 0 Å². The van der Waals surface area contributed by atoms with Crippen LogP contribution >= 0.6 is 15.9 Å². The van der Waals surface area contributed by atoms with Crippen LogP contribution in [0.15, 0.2) is 16.6 Å². The lowest BCUT2D eigenvalue weighted by Gasteiger charge is -2.22. The standard InChI is InChI=1S/C12H15BrF2N2O/c1-12(2,11(16)17)3-4-18-9-6-7(13)5-8(14)10(9)15/h5-6H,3-4H2,1-2H3,(H3,16,17). The van der Waals surface area contributed by atoms with Crippen LogP contribution in [0.2, 0.25) is 0 Å². The highest BCUT2D eigenvalue weighted by molar-refractivity contribution is 9.10. The van der Waals surface area contributed by atoms with Crippen molar-refractivity contribution in [3.05, 3.63) is 28.2 Å². The molecule has 0 amide bonds. The number of benzene rings is 1. The smallest absolute Gasteiger partial charge is 0.200 e. The summed E-state index contributed by atoms with van der Waals surface area (Å²) in [5.41, 5.74) is 4.89. The van der Waals surface area contributed by atoms with Crippen molar-refractivity contribution < 1.29 is 13.5 Å². The topological polar surface area (TPSA) is 59.1 Å². The molecule has 0 bridgehead atoms. The van der Waals surface area contributed by atoms with Gasteiger partial charge in [-0.1, -0.05) is 29.8 Å². The van der Waals surface area contributed by atoms with Crippen LogP contribution in [0, 0.1) is 22.5 Å². The average molecular weight is 321 g/mol. The Labute approximate surface area is 113 Å². The summed E-state index contributed by atoms with van der Waals surface area (Å²) in [4.78, 5) is 0. The Morgan fingerprint density at radius 1 is 1.44 bits per heavy atom. The summed E-state index contributed by atoms with van der Waals surface area (Å²) in [6, 6.07) is 2.39. The Morgan fingerprint density at radius 3 is 2.61 bits per heavy atom. The van der Waals surface area contributed by atoms with Crippen molar-refractivity contribution in [2.24, 2.45) is 11.1 Å². The minimum atomic E-state index is -1.01. The van der Waals surface area contributed by atoms with Crippen LogP contribution in [-0.4, -0.2) is 12.4 Å². The second-order valence-corrected chi connectivity index (χ2v) is 5.51. The minimum Gasteiger partial charge on any atom is -0.490 e. The van der Waals surface area contributed by atoms with Crippen LogP contribution in [0.25, 0.3) is 0 Å². The van der Waals surface area contributed by atoms with Crippen LogP contribution in [0.5, 0.6) is 5.75 Å². The molecule has 0 saturated heterocycles. The van der Waals surface area contributed by atoms with E-state index in [1.54, 1.807) is 13.8 Å². The van der Waals surface area contributed by atoms with Gasteiger partial charge in [-0.2, -0.15) is 4.39 Å². The molecule has 1 rings (SSSR count). The molecule has 0 fully saturated rings. The lowest BCUT2D eigenvalue weighted by atomic mass is 9.88. The molecule has 0 aromatic heterocycles. The lowest BCUT2D eigenvalue weighted by Crippen LogP contribution is -2.32. The van der Waals surface area contributed by atoms with Crippen LogP contribution in [0.1, 0.15) is 20.3 Å². The molecule has 0 atom stereocenters. The highest BCUT2D eigenvalue weighted by Crippen LogP contribution is 2.26. The van der Waals surface area contributed by atoms with Crippen molar-refractivity contribution in [1.82, 2.24) is 0 Å². The molecule has 0 unspecified atom stereocenters. The highest BCUT2D eigenvalue weighted by atomic mass is 79.9. The molecular weight excluding hydrogens is 306 g/mol. The predicted molar refractivity (Wildman–Crippen MR) is 69.9 cm³/mol. The second kappa shape index (κ2) is 5.65. The molecule has 100 valence electrons. The Kier molecular flexibility index (Phi) is 4.67. The maximum atomic E-state index is 13.4. The first-order chi connectivity index (χ1) is 8.24. The maximum Gasteiger partial charge on any atom is 0.200 e. The number of halogens is 3. The molecular formula is C12H15BrF2N2O. The average Bonchev–Trinajstić information content (AvgIpc) is 2.24. The van der Waals surface area contributed by atoms with E-state index in [-0.39, 0.29) is 18.2 Å². The normalized spacial score (nSPS) is 11.4. The summed E-state index contributed by atoms with van der Waals surface area (Å²) in [5.74, 6) is -2.10. The summed E-state index contributed by atoms with van der Waals surface area (Å²) >= 11 is 3.06. The van der Waals surface area contributed by atoms with Gasteiger partial charge in [-0.05, 0) is 18.6 Å². The van der Waals surface area contributed by atoms with Gasteiger partial charge in [0.15, 0.2) is 11.6 Å². The first-order valence-corrected chi connectivity index (χ1v) is 6.15. The molecule has 18 heavy (non-hydrogen) atoms. The zero-order valence-corrected chi connectivity index (χ0v) is 11.8. The summed E-state index contributed by atoms with van der Waals surface area (Å²) < 4.78 is 32.1. The molecule has 0 saturated carbocycles. The second-order valence-electron chi connectivity index (χ2n) is 4.60. The van der Waals surface area contributed by atoms with Crippen LogP contribution in [0.3, 0.4) is 0 Å². The van der Waals surface area contributed by atoms with E-state index >= 15 is 0 Å². The molecule has 0 aliphatic carbocycles. The highest BCUT2D eigenvalue weighted by Gasteiger charge is 2.22. The molecule has 0 aliphatic heterocycles. The van der Waals surface area contributed by atoms with E-state index in [9.17, 15) is 8.78 Å². The van der Waals surface area contributed by atoms with E-state index in [0.717, 1.165) is 6.07 Å². The zero-order valence-electron chi connectivity index (χ0n) is 10.2. The summed E-state index contributed by atoms with van der Waals surface area (Å²) in [5, 5.41) is 7.37. The quantitative estimate of drug-likeness (QED) is 0.496. The van der Waals surface area contributed by atoms with Crippen molar-refractivity contribution in [2.75, 3.05) is 6.61 Å². The van der Waals surface area contributed by atoms with Crippen LogP contribution in [0.4, 0.5) is 8.78 Å². The minimum absolute atomic E-state index is 0.0343. The van der Waals surface area contributed by atoms with Crippen molar-refractivity contribution in [2.45, 2.75) is 20.3 Å². The molecule has 6 heteroatoms. The van der Waals surface area contributed by atoms with Gasteiger partial charge in [0.2, 0.25) is 5.82 Å². The van der Waals surface area contributed by atoms with E-state index in [1.807, 2.05) is 0 Å². The fraction of sp³-hybridized carbons (Fsp3) is 0.417. The summed E-state index contributed by atoms with van der Waals surface area (Å²) in [6.45, 7) is 3.73. The number of nitrogens with two attached hydrogens (primary N) is 1. The monoisotopic (exact) mass is 320 g/mol. The number of ether oxygens (including phenoxy) is 1. The number of amidine groups is 1. The summed E-state index contributed by atoms with van der Waals surface area (Å²) in [7, 11) is 0. The van der Waals surface area contributed by atoms with Crippen molar-refractivity contribution in [3.8, 4) is 5.75 Å². The van der Waals surface area contributed by atoms with Gasteiger partial charge in [0, 0.05) is 9.89 Å². The maximum absolute atomic E-state index is 13.4. The fourth-order valence-electron chi connectivity index (χ4n) is 1.19. The van der Waals surface area contributed by atoms with Gasteiger partial charge in [-0.3, -0.25) is 5.41 Å². The Balaban J connectivity index is 2.68. The molecule has 0 spiro atoms. The van der Waals surface area contributed by atoms with Crippen LogP contribution in [-0.2, 0) is 0 Å². The van der Waals surface area contributed by atoms with E-state index in [0.29, 0.717) is 10.9 Å². The third kappa shape index (κ3) is 3.66. The molecule has 0 aliphatic rings. The van der Waals surface area contributed by atoms with E-state index in [2.05, 4.69) is 15.9 Å². The van der Waals surface area contributed by atoms with Crippen molar-refractivity contribution in [1.29, 1.82) is 5.41 Å². The van der Waals surface area contributed by atoms with Crippen molar-refractivity contribution in [3.63, 3.8) is 0 Å². The Hall–Kier alpha value is -1.17. The first kappa shape index (κ1) is 14.9. The van der Waals surface area contributed by atoms with E-state index in [1.165, 1.54) is 6.07 Å². The largest absolute Gasteiger partial charge is 0.490 e. The molecule has 0 radical (unpaired) electrons. The van der Waals surface area contributed by atoms with E-state index < -0.39 is 17.0 Å². The third-order valence-corrected chi connectivity index (χ3v) is 3.13. The molecule has 3 N–H and O–H groups in total. The zero-order chi connectivity index (χ0) is 13.9. The SMILES string of the molecule is CC(C)(CCOc1cc(Br)cc(F)c1F)C(=N)N. The van der Waals surface area contributed by atoms with Crippen LogP contribution < -0.4 is 10.5 Å². The Bertz CT molecular complexity index is 464. The van der Waals surface area contributed by atoms with Gasteiger partial charge >= 0.3 is 0 Å². The Morgan fingerprint density at radius 2 is 2.06 bits per heavy atom. The molecule has 1 aromatic carbocycles. The number of hydrogen-bond donors (Lipinski definition) is 2. The summed E-state index contributed by atoms with van der Waals surface area (Å²) in [6.07, 6.45) is 0.440. The molecule has 3 nitrogen and oxygen atoms in total. The molecule has 1 aromatic rings. The van der Waals surface area contributed by atoms with Gasteiger partial charge in [-0.15, -0.1) is 0 Å². The number of hydrogen-bond acceptors (Lipinski definition) is 2. The number of nitrogens with one attached hydrogen (secondary N) is 1. The predicted octanol–water partition coefficient (Wildman–Crippen LogP) is 3.46. The fourth-order valence-corrected chi connectivity index (χ4v) is 1.60.